The Kier molecular flexibility index (Phi) is 3.96. The number of carbonyl (C=O) groups excluding carboxylic acids is 1. The monoisotopic (exact) mass is 211 g/mol. The maximum atomic E-state index is 10.5. The topological polar surface area (TPSA) is 43.1 Å². The Morgan fingerprint density at radius 2 is 2.21 bits per heavy atom. The van der Waals surface area contributed by atoms with Gasteiger partial charge >= 0.3 is 0 Å². The van der Waals surface area contributed by atoms with Crippen molar-refractivity contribution in [2.24, 2.45) is 5.73 Å². The third kappa shape index (κ3) is 3.38. The predicted molar refractivity (Wildman–Crippen MR) is 58.3 cm³/mol. The van der Waals surface area contributed by atoms with Crippen LogP contribution < -0.4 is 5.73 Å². The zero-order valence-electron chi connectivity index (χ0n) is 8.22. The van der Waals surface area contributed by atoms with Crippen molar-refractivity contribution in [3.63, 3.8) is 0 Å². The molecule has 76 valence electrons. The third-order valence-corrected chi connectivity index (χ3v) is 2.53. The minimum Gasteiger partial charge on any atom is -0.370 e. The second-order valence-corrected chi connectivity index (χ2v) is 3.81. The molecular formula is C11H14ClNO. The Balaban J connectivity index is 2.51. The highest BCUT2D eigenvalue weighted by molar-refractivity contribution is 6.31. The molecule has 1 aromatic rings. The number of aryl methyl sites for hydroxylation is 2. The largest absolute Gasteiger partial charge is 0.370 e. The van der Waals surface area contributed by atoms with Gasteiger partial charge in [-0.1, -0.05) is 23.7 Å². The molecule has 3 heteroatoms. The zero-order chi connectivity index (χ0) is 10.6. The molecule has 0 spiro atoms. The Morgan fingerprint density at radius 1 is 1.50 bits per heavy atom. The second kappa shape index (κ2) is 5.01. The van der Waals surface area contributed by atoms with E-state index in [-0.39, 0.29) is 5.91 Å². The van der Waals surface area contributed by atoms with E-state index in [2.05, 4.69) is 0 Å². The number of amides is 1. The summed E-state index contributed by atoms with van der Waals surface area (Å²) in [5.74, 6) is -0.247. The van der Waals surface area contributed by atoms with Crippen molar-refractivity contribution in [2.45, 2.75) is 26.2 Å². The van der Waals surface area contributed by atoms with Crippen LogP contribution in [0.25, 0.3) is 0 Å². The van der Waals surface area contributed by atoms with Gasteiger partial charge < -0.3 is 5.73 Å². The first-order chi connectivity index (χ1) is 6.59. The van der Waals surface area contributed by atoms with E-state index in [1.807, 2.05) is 25.1 Å². The number of primary amides is 1. The number of nitrogens with two attached hydrogens (primary N) is 1. The number of carbonyl (C=O) groups is 1. The smallest absolute Gasteiger partial charge is 0.217 e. The van der Waals surface area contributed by atoms with Gasteiger partial charge in [-0.25, -0.2) is 0 Å². The Bertz CT molecular complexity index is 336. The quantitative estimate of drug-likeness (QED) is 0.817. The molecule has 2 N–H and O–H groups in total. The van der Waals surface area contributed by atoms with Gasteiger partial charge in [0.05, 0.1) is 0 Å². The lowest BCUT2D eigenvalue weighted by atomic mass is 10.1. The van der Waals surface area contributed by atoms with E-state index in [0.717, 1.165) is 29.0 Å². The minimum atomic E-state index is -0.247. The highest BCUT2D eigenvalue weighted by Gasteiger charge is 1.99. The van der Waals surface area contributed by atoms with Gasteiger partial charge in [0.2, 0.25) is 5.91 Å². The molecule has 2 nitrogen and oxygen atoms in total. The Hall–Kier alpha value is -1.02. The average molecular weight is 212 g/mol. The number of hydrogen-bond acceptors (Lipinski definition) is 1. The Labute approximate surface area is 89.1 Å². The molecule has 0 radical (unpaired) electrons. The molecule has 0 bridgehead atoms. The summed E-state index contributed by atoms with van der Waals surface area (Å²) >= 11 is 5.96. The molecule has 0 aliphatic rings. The molecule has 14 heavy (non-hydrogen) atoms. The molecule has 0 aliphatic carbocycles. The molecule has 0 aliphatic heterocycles. The molecule has 0 aromatic heterocycles. The summed E-state index contributed by atoms with van der Waals surface area (Å²) < 4.78 is 0. The maximum Gasteiger partial charge on any atom is 0.217 e. The average Bonchev–Trinajstić information content (AvgIpc) is 2.10. The lowest BCUT2D eigenvalue weighted by Crippen LogP contribution is -2.10. The van der Waals surface area contributed by atoms with Gasteiger partial charge in [-0.15, -0.1) is 0 Å². The number of benzene rings is 1. The summed E-state index contributed by atoms with van der Waals surface area (Å²) in [6.45, 7) is 1.97. The van der Waals surface area contributed by atoms with Crippen LogP contribution in [0.15, 0.2) is 18.2 Å². The van der Waals surface area contributed by atoms with E-state index in [9.17, 15) is 4.79 Å². The van der Waals surface area contributed by atoms with Crippen LogP contribution >= 0.6 is 11.6 Å². The summed E-state index contributed by atoms with van der Waals surface area (Å²) in [6.07, 6.45) is 2.07. The maximum absolute atomic E-state index is 10.5. The fraction of sp³-hybridized carbons (Fsp3) is 0.364. The van der Waals surface area contributed by atoms with Crippen LogP contribution in [-0.4, -0.2) is 5.91 Å². The molecule has 0 heterocycles. The fourth-order valence-electron chi connectivity index (χ4n) is 1.26. The molecular weight excluding hydrogens is 198 g/mol. The number of hydrogen-bond donors (Lipinski definition) is 1. The molecule has 0 fully saturated rings. The highest BCUT2D eigenvalue weighted by atomic mass is 35.5. The SMILES string of the molecule is Cc1ccc(CCCC(N)=O)cc1Cl. The lowest BCUT2D eigenvalue weighted by Gasteiger charge is -2.02. The van der Waals surface area contributed by atoms with Crippen LogP contribution in [0.5, 0.6) is 0 Å². The summed E-state index contributed by atoms with van der Waals surface area (Å²) in [4.78, 5) is 10.5. The van der Waals surface area contributed by atoms with Gasteiger partial charge in [-0.05, 0) is 37.0 Å². The van der Waals surface area contributed by atoms with Gasteiger partial charge in [0.1, 0.15) is 0 Å². The number of rotatable bonds is 4. The van der Waals surface area contributed by atoms with Crippen molar-refractivity contribution in [1.82, 2.24) is 0 Å². The molecule has 1 rings (SSSR count). The van der Waals surface area contributed by atoms with Crippen LogP contribution in [0.1, 0.15) is 24.0 Å². The first-order valence-electron chi connectivity index (χ1n) is 4.63. The van der Waals surface area contributed by atoms with Crippen LogP contribution in [-0.2, 0) is 11.2 Å². The Morgan fingerprint density at radius 3 is 2.79 bits per heavy atom. The molecule has 0 atom stereocenters. The van der Waals surface area contributed by atoms with E-state index in [4.69, 9.17) is 17.3 Å². The molecule has 1 aromatic carbocycles. The summed E-state index contributed by atoms with van der Waals surface area (Å²) in [7, 11) is 0. The van der Waals surface area contributed by atoms with Gasteiger partial charge in [-0.2, -0.15) is 0 Å². The lowest BCUT2D eigenvalue weighted by molar-refractivity contribution is -0.118. The number of halogens is 1. The fourth-order valence-corrected chi connectivity index (χ4v) is 1.46. The van der Waals surface area contributed by atoms with Crippen molar-refractivity contribution in [3.05, 3.63) is 34.3 Å². The van der Waals surface area contributed by atoms with Crippen LogP contribution in [0.4, 0.5) is 0 Å². The minimum absolute atomic E-state index is 0.247. The second-order valence-electron chi connectivity index (χ2n) is 3.40. The summed E-state index contributed by atoms with van der Waals surface area (Å²) in [5, 5.41) is 0.779. The highest BCUT2D eigenvalue weighted by Crippen LogP contribution is 2.17. The van der Waals surface area contributed by atoms with Crippen molar-refractivity contribution < 1.29 is 4.79 Å². The standard InChI is InChI=1S/C11H14ClNO/c1-8-5-6-9(7-10(8)12)3-2-4-11(13)14/h5-7H,2-4H2,1H3,(H2,13,14). The van der Waals surface area contributed by atoms with Crippen LogP contribution in [0.3, 0.4) is 0 Å². The summed E-state index contributed by atoms with van der Waals surface area (Å²) in [6, 6.07) is 5.96. The molecule has 1 amide bonds. The predicted octanol–water partition coefficient (Wildman–Crippen LogP) is 2.46. The third-order valence-electron chi connectivity index (χ3n) is 2.12. The first-order valence-corrected chi connectivity index (χ1v) is 5.00. The van der Waals surface area contributed by atoms with E-state index in [0.29, 0.717) is 6.42 Å². The van der Waals surface area contributed by atoms with Gasteiger partial charge in [0.15, 0.2) is 0 Å². The molecule has 0 saturated carbocycles. The first kappa shape index (κ1) is 11.1. The van der Waals surface area contributed by atoms with E-state index in [1.165, 1.54) is 0 Å². The van der Waals surface area contributed by atoms with Crippen LogP contribution in [0, 0.1) is 6.92 Å². The van der Waals surface area contributed by atoms with Crippen molar-refractivity contribution >= 4 is 17.5 Å². The van der Waals surface area contributed by atoms with E-state index >= 15 is 0 Å². The van der Waals surface area contributed by atoms with Gasteiger partial charge in [-0.3, -0.25) is 4.79 Å². The summed E-state index contributed by atoms with van der Waals surface area (Å²) in [5.41, 5.74) is 7.27. The molecule has 0 unspecified atom stereocenters. The van der Waals surface area contributed by atoms with Crippen LogP contribution in [0.2, 0.25) is 5.02 Å². The van der Waals surface area contributed by atoms with Gasteiger partial charge in [0, 0.05) is 11.4 Å². The van der Waals surface area contributed by atoms with E-state index in [1.54, 1.807) is 0 Å². The zero-order valence-corrected chi connectivity index (χ0v) is 8.97. The molecule has 0 saturated heterocycles. The van der Waals surface area contributed by atoms with Crippen molar-refractivity contribution in [2.75, 3.05) is 0 Å². The van der Waals surface area contributed by atoms with Crippen molar-refractivity contribution in [3.8, 4) is 0 Å². The normalized spacial score (nSPS) is 10.1. The van der Waals surface area contributed by atoms with Crippen molar-refractivity contribution in [1.29, 1.82) is 0 Å². The van der Waals surface area contributed by atoms with Gasteiger partial charge in [0.25, 0.3) is 0 Å². The van der Waals surface area contributed by atoms with E-state index < -0.39 is 0 Å².